The van der Waals surface area contributed by atoms with Crippen LogP contribution in [0.5, 0.6) is 5.75 Å². The minimum Gasteiger partial charge on any atom is -0.494 e. The number of carbonyl (C=O) groups excluding carboxylic acids is 1. The third-order valence-corrected chi connectivity index (χ3v) is 4.12. The molecule has 0 fully saturated rings. The lowest BCUT2D eigenvalue weighted by molar-refractivity contribution is -0.133. The third-order valence-electron chi connectivity index (χ3n) is 4.12. The van der Waals surface area contributed by atoms with Gasteiger partial charge < -0.3 is 9.47 Å². The maximum atomic E-state index is 11.5. The summed E-state index contributed by atoms with van der Waals surface area (Å²) in [6.07, 6.45) is 4.82. The van der Waals surface area contributed by atoms with Crippen LogP contribution in [0.2, 0.25) is 0 Å². The number of unbranched alkanes of at least 4 members (excludes halogenated alkanes) is 3. The fourth-order valence-corrected chi connectivity index (χ4v) is 2.57. The van der Waals surface area contributed by atoms with Gasteiger partial charge in [-0.15, -0.1) is 0 Å². The summed E-state index contributed by atoms with van der Waals surface area (Å²) in [5.74, 6) is 0.490. The van der Waals surface area contributed by atoms with Gasteiger partial charge in [-0.1, -0.05) is 69.2 Å². The number of esters is 1. The van der Waals surface area contributed by atoms with Crippen LogP contribution in [-0.4, -0.2) is 19.7 Å². The van der Waals surface area contributed by atoms with Crippen LogP contribution in [0.4, 0.5) is 0 Å². The molecule has 0 bridgehead atoms. The zero-order chi connectivity index (χ0) is 18.1. The van der Waals surface area contributed by atoms with Gasteiger partial charge in [0, 0.05) is 0 Å². The maximum Gasteiger partial charge on any atom is 0.337 e. The summed E-state index contributed by atoms with van der Waals surface area (Å²) in [6.45, 7) is 6.74. The Labute approximate surface area is 150 Å². The Bertz CT molecular complexity index is 684. The predicted octanol–water partition coefficient (Wildman–Crippen LogP) is 5.50. The van der Waals surface area contributed by atoms with Gasteiger partial charge in [-0.25, -0.2) is 4.79 Å². The molecule has 0 aliphatic carbocycles. The van der Waals surface area contributed by atoms with Crippen molar-refractivity contribution in [1.82, 2.24) is 0 Å². The molecule has 2 aromatic carbocycles. The van der Waals surface area contributed by atoms with Gasteiger partial charge in [0.1, 0.15) is 5.75 Å². The Morgan fingerprint density at radius 1 is 0.920 bits per heavy atom. The van der Waals surface area contributed by atoms with Gasteiger partial charge in [0.2, 0.25) is 0 Å². The average Bonchev–Trinajstić information content (AvgIpc) is 2.67. The minimum atomic E-state index is -0.409. The Balaban J connectivity index is 1.95. The van der Waals surface area contributed by atoms with E-state index < -0.39 is 5.97 Å². The molecule has 132 valence electrons. The van der Waals surface area contributed by atoms with Crippen LogP contribution in [0.15, 0.2) is 55.1 Å². The molecule has 0 aliphatic rings. The zero-order valence-electron chi connectivity index (χ0n) is 15.1. The Morgan fingerprint density at radius 3 is 2.08 bits per heavy atom. The summed E-state index contributed by atoms with van der Waals surface area (Å²) >= 11 is 0. The highest BCUT2D eigenvalue weighted by atomic mass is 16.5. The van der Waals surface area contributed by atoms with Crippen molar-refractivity contribution in [2.24, 2.45) is 0 Å². The molecule has 0 saturated heterocycles. The number of hydrogen-bond donors (Lipinski definition) is 0. The van der Waals surface area contributed by atoms with E-state index in [1.54, 1.807) is 0 Å². The number of ether oxygens (including phenoxy) is 2. The molecule has 3 heteroatoms. The lowest BCUT2D eigenvalue weighted by atomic mass is 10.0. The van der Waals surface area contributed by atoms with Gasteiger partial charge in [-0.05, 0) is 35.2 Å². The van der Waals surface area contributed by atoms with E-state index in [2.05, 4.69) is 13.5 Å². The largest absolute Gasteiger partial charge is 0.494 e. The highest BCUT2D eigenvalue weighted by Gasteiger charge is 2.09. The summed E-state index contributed by atoms with van der Waals surface area (Å²) < 4.78 is 10.5. The number of benzene rings is 2. The molecular weight excluding hydrogens is 312 g/mol. The van der Waals surface area contributed by atoms with E-state index in [0.717, 1.165) is 35.5 Å². The van der Waals surface area contributed by atoms with Crippen LogP contribution in [0.3, 0.4) is 0 Å². The van der Waals surface area contributed by atoms with Crippen LogP contribution in [0.25, 0.3) is 16.7 Å². The molecule has 2 rings (SSSR count). The minimum absolute atomic E-state index is 0.362. The van der Waals surface area contributed by atoms with Crippen molar-refractivity contribution in [2.75, 3.05) is 13.7 Å². The molecule has 0 saturated carbocycles. The van der Waals surface area contributed by atoms with E-state index in [-0.39, 0.29) is 0 Å². The van der Waals surface area contributed by atoms with Crippen molar-refractivity contribution in [3.05, 3.63) is 60.7 Å². The summed E-state index contributed by atoms with van der Waals surface area (Å²) in [7, 11) is 1.36. The lowest BCUT2D eigenvalue weighted by Crippen LogP contribution is -2.02. The van der Waals surface area contributed by atoms with Crippen molar-refractivity contribution in [1.29, 1.82) is 0 Å². The van der Waals surface area contributed by atoms with Gasteiger partial charge in [0.15, 0.2) is 0 Å². The number of rotatable bonds is 9. The molecule has 0 unspecified atom stereocenters. The predicted molar refractivity (Wildman–Crippen MR) is 103 cm³/mol. The van der Waals surface area contributed by atoms with Gasteiger partial charge >= 0.3 is 5.97 Å². The summed E-state index contributed by atoms with van der Waals surface area (Å²) in [6, 6.07) is 15.8. The SMILES string of the molecule is C=C(C(=O)OC)c1ccc(-c2ccc(OCCCCCC)cc2)cc1. The van der Waals surface area contributed by atoms with Crippen molar-refractivity contribution in [3.8, 4) is 16.9 Å². The van der Waals surface area contributed by atoms with Crippen LogP contribution in [-0.2, 0) is 9.53 Å². The number of hydrogen-bond acceptors (Lipinski definition) is 3. The molecule has 0 heterocycles. The van der Waals surface area contributed by atoms with Crippen LogP contribution in [0, 0.1) is 0 Å². The van der Waals surface area contributed by atoms with Crippen molar-refractivity contribution in [2.45, 2.75) is 32.6 Å². The quantitative estimate of drug-likeness (QED) is 0.344. The number of carbonyl (C=O) groups is 1. The smallest absolute Gasteiger partial charge is 0.337 e. The molecule has 0 amide bonds. The fourth-order valence-electron chi connectivity index (χ4n) is 2.57. The lowest BCUT2D eigenvalue weighted by Gasteiger charge is -2.08. The van der Waals surface area contributed by atoms with Crippen molar-refractivity contribution in [3.63, 3.8) is 0 Å². The van der Waals surface area contributed by atoms with E-state index in [0.29, 0.717) is 5.57 Å². The highest BCUT2D eigenvalue weighted by Crippen LogP contribution is 2.24. The van der Waals surface area contributed by atoms with Crippen LogP contribution in [0.1, 0.15) is 38.2 Å². The first kappa shape index (κ1) is 18.8. The van der Waals surface area contributed by atoms with E-state index in [4.69, 9.17) is 9.47 Å². The Hall–Kier alpha value is -2.55. The second-order valence-corrected chi connectivity index (χ2v) is 5.98. The molecule has 2 aromatic rings. The molecule has 0 aromatic heterocycles. The van der Waals surface area contributed by atoms with E-state index in [1.165, 1.54) is 26.4 Å². The maximum absolute atomic E-state index is 11.5. The van der Waals surface area contributed by atoms with E-state index in [9.17, 15) is 4.79 Å². The Kier molecular flexibility index (Phi) is 7.27. The highest BCUT2D eigenvalue weighted by molar-refractivity contribution is 6.15. The van der Waals surface area contributed by atoms with Gasteiger partial charge in [0.05, 0.1) is 19.3 Å². The molecule has 3 nitrogen and oxygen atoms in total. The summed E-state index contributed by atoms with van der Waals surface area (Å²) in [4.78, 5) is 11.5. The monoisotopic (exact) mass is 338 g/mol. The molecule has 25 heavy (non-hydrogen) atoms. The van der Waals surface area contributed by atoms with Gasteiger partial charge in [-0.2, -0.15) is 0 Å². The van der Waals surface area contributed by atoms with Gasteiger partial charge in [0.25, 0.3) is 0 Å². The molecule has 0 atom stereocenters. The first-order chi connectivity index (χ1) is 12.2. The third kappa shape index (κ3) is 5.49. The van der Waals surface area contributed by atoms with E-state index in [1.807, 2.05) is 48.5 Å². The molecule has 0 radical (unpaired) electrons. The zero-order valence-corrected chi connectivity index (χ0v) is 15.1. The molecule has 0 aliphatic heterocycles. The van der Waals surface area contributed by atoms with Crippen molar-refractivity contribution >= 4 is 11.5 Å². The normalized spacial score (nSPS) is 10.3. The van der Waals surface area contributed by atoms with Gasteiger partial charge in [-0.3, -0.25) is 0 Å². The first-order valence-electron chi connectivity index (χ1n) is 8.76. The molecule has 0 N–H and O–H groups in total. The standard InChI is InChI=1S/C22H26O3/c1-4-5-6-7-16-25-21-14-12-20(13-15-21)19-10-8-18(9-11-19)17(2)22(23)24-3/h8-15H,2,4-7,16H2,1,3H3. The number of methoxy groups -OCH3 is 1. The molecular formula is C22H26O3. The topological polar surface area (TPSA) is 35.5 Å². The molecule has 0 spiro atoms. The average molecular weight is 338 g/mol. The second-order valence-electron chi connectivity index (χ2n) is 5.98. The Morgan fingerprint density at radius 2 is 1.52 bits per heavy atom. The summed E-state index contributed by atoms with van der Waals surface area (Å²) in [5.41, 5.74) is 3.31. The second kappa shape index (κ2) is 9.67. The van der Waals surface area contributed by atoms with Crippen LogP contribution >= 0.6 is 0 Å². The summed E-state index contributed by atoms with van der Waals surface area (Å²) in [5, 5.41) is 0. The van der Waals surface area contributed by atoms with Crippen molar-refractivity contribution < 1.29 is 14.3 Å². The fraction of sp³-hybridized carbons (Fsp3) is 0.318. The van der Waals surface area contributed by atoms with Crippen LogP contribution < -0.4 is 4.74 Å². The first-order valence-corrected chi connectivity index (χ1v) is 8.76. The van der Waals surface area contributed by atoms with E-state index >= 15 is 0 Å².